The van der Waals surface area contributed by atoms with Crippen molar-refractivity contribution in [1.82, 2.24) is 0 Å². The van der Waals surface area contributed by atoms with Crippen molar-refractivity contribution in [3.8, 4) is 0 Å². The first-order valence-corrected chi connectivity index (χ1v) is 14.0. The van der Waals surface area contributed by atoms with Gasteiger partial charge in [0, 0.05) is 29.0 Å². The van der Waals surface area contributed by atoms with E-state index in [0.717, 1.165) is 23.3 Å². The van der Waals surface area contributed by atoms with E-state index in [1.165, 1.54) is 89.9 Å². The van der Waals surface area contributed by atoms with Crippen molar-refractivity contribution in [2.75, 3.05) is 0 Å². The number of carbonyl (C=O) groups excluding carboxylic acids is 1. The van der Waals surface area contributed by atoms with Crippen LogP contribution in [0.4, 0.5) is 0 Å². The van der Waals surface area contributed by atoms with E-state index in [1.54, 1.807) is 0 Å². The maximum atomic E-state index is 12.1. The van der Waals surface area contributed by atoms with E-state index in [-0.39, 0.29) is 5.78 Å². The zero-order valence-corrected chi connectivity index (χ0v) is 22.9. The van der Waals surface area contributed by atoms with Gasteiger partial charge in [-0.2, -0.15) is 0 Å². The van der Waals surface area contributed by atoms with Crippen molar-refractivity contribution in [2.24, 2.45) is 0 Å². The van der Waals surface area contributed by atoms with Crippen molar-refractivity contribution in [2.45, 2.75) is 116 Å². The highest BCUT2D eigenvalue weighted by atomic mass is 32.1. The second-order valence-corrected chi connectivity index (χ2v) is 9.79. The summed E-state index contributed by atoms with van der Waals surface area (Å²) in [4.78, 5) is 32.2. The first-order chi connectivity index (χ1) is 17.4. The molecule has 1 aromatic rings. The van der Waals surface area contributed by atoms with Gasteiger partial charge in [0.05, 0.1) is 0 Å². The number of benzene rings is 1. The Bertz CT molecular complexity index is 742. The van der Waals surface area contributed by atoms with Crippen LogP contribution in [0, 0.1) is 0 Å². The van der Waals surface area contributed by atoms with Crippen molar-refractivity contribution in [3.63, 3.8) is 0 Å². The molecular formula is C30H46O5S. The minimum Gasteiger partial charge on any atom is -0.478 e. The first kappa shape index (κ1) is 33.7. The molecule has 0 saturated heterocycles. The van der Waals surface area contributed by atoms with Gasteiger partial charge in [0.2, 0.25) is 0 Å². The SMILES string of the molecule is CCCCCCCCCCCCCCCCCC(=S)CC(=O)c1ccccc1.O=C(O)/C=C\C(=O)O. The molecule has 0 atom stereocenters. The maximum Gasteiger partial charge on any atom is 0.328 e. The number of ketones is 1. The zero-order chi connectivity index (χ0) is 26.9. The summed E-state index contributed by atoms with van der Waals surface area (Å²) >= 11 is 5.41. The lowest BCUT2D eigenvalue weighted by Gasteiger charge is -2.05. The number of hydrogen-bond donors (Lipinski definition) is 2. The number of carboxylic acids is 2. The highest BCUT2D eigenvalue weighted by molar-refractivity contribution is 7.80. The Balaban J connectivity index is 0.00000131. The third-order valence-corrected chi connectivity index (χ3v) is 6.23. The molecule has 0 heterocycles. The molecule has 0 saturated carbocycles. The number of thiocarbonyl (C=S) groups is 1. The molecule has 0 fully saturated rings. The van der Waals surface area contributed by atoms with Gasteiger partial charge < -0.3 is 10.2 Å². The molecule has 1 aromatic carbocycles. The van der Waals surface area contributed by atoms with Crippen LogP contribution in [0.15, 0.2) is 42.5 Å². The van der Waals surface area contributed by atoms with Crippen LogP contribution >= 0.6 is 12.2 Å². The van der Waals surface area contributed by atoms with E-state index in [4.69, 9.17) is 22.4 Å². The second kappa shape index (κ2) is 24.4. The molecule has 5 nitrogen and oxygen atoms in total. The summed E-state index contributed by atoms with van der Waals surface area (Å²) in [5, 5.41) is 15.6. The summed E-state index contributed by atoms with van der Waals surface area (Å²) in [6.07, 6.45) is 23.1. The van der Waals surface area contributed by atoms with E-state index >= 15 is 0 Å². The Morgan fingerprint density at radius 3 is 1.44 bits per heavy atom. The third kappa shape index (κ3) is 23.4. The number of unbranched alkanes of at least 4 members (excludes halogenated alkanes) is 14. The van der Waals surface area contributed by atoms with Gasteiger partial charge in [0.15, 0.2) is 5.78 Å². The lowest BCUT2D eigenvalue weighted by molar-refractivity contribution is -0.134. The summed E-state index contributed by atoms with van der Waals surface area (Å²) in [6, 6.07) is 9.50. The molecule has 0 aromatic heterocycles. The average molecular weight is 519 g/mol. The van der Waals surface area contributed by atoms with Crippen LogP contribution in [0.1, 0.15) is 126 Å². The van der Waals surface area contributed by atoms with Crippen molar-refractivity contribution < 1.29 is 24.6 Å². The lowest BCUT2D eigenvalue weighted by Crippen LogP contribution is -2.06. The Hall–Kier alpha value is -2.34. The quantitative estimate of drug-likeness (QED) is 0.0732. The summed E-state index contributed by atoms with van der Waals surface area (Å²) in [6.45, 7) is 2.28. The van der Waals surface area contributed by atoms with Crippen molar-refractivity contribution >= 4 is 34.8 Å². The second-order valence-electron chi connectivity index (χ2n) is 9.21. The largest absolute Gasteiger partial charge is 0.478 e. The Morgan fingerprint density at radius 1 is 0.667 bits per heavy atom. The minimum absolute atomic E-state index is 0.159. The fourth-order valence-electron chi connectivity index (χ4n) is 3.83. The van der Waals surface area contributed by atoms with Crippen LogP contribution in [0.5, 0.6) is 0 Å². The van der Waals surface area contributed by atoms with Gasteiger partial charge in [0.25, 0.3) is 0 Å². The molecule has 6 heteroatoms. The predicted molar refractivity (Wildman–Crippen MR) is 152 cm³/mol. The molecular weight excluding hydrogens is 472 g/mol. The Kier molecular flexibility index (Phi) is 22.8. The molecule has 0 unspecified atom stereocenters. The van der Waals surface area contributed by atoms with Crippen LogP contribution in [0.25, 0.3) is 0 Å². The molecule has 36 heavy (non-hydrogen) atoms. The number of hydrogen-bond acceptors (Lipinski definition) is 4. The number of carboxylic acid groups (broad SMARTS) is 2. The highest BCUT2D eigenvalue weighted by Crippen LogP contribution is 2.14. The number of Topliss-reactive ketones (excluding diaryl/α,β-unsaturated/α-hetero) is 1. The summed E-state index contributed by atoms with van der Waals surface area (Å²) in [7, 11) is 0. The lowest BCUT2D eigenvalue weighted by atomic mass is 10.0. The molecule has 0 amide bonds. The Labute approximate surface area is 223 Å². The van der Waals surface area contributed by atoms with Gasteiger partial charge in [-0.25, -0.2) is 9.59 Å². The molecule has 0 radical (unpaired) electrons. The molecule has 0 spiro atoms. The summed E-state index contributed by atoms with van der Waals surface area (Å²) in [5.41, 5.74) is 0.779. The standard InChI is InChI=1S/C26H42OS.C4H4O4/c1-2-3-4-5-6-7-8-9-10-11-12-13-14-15-19-22-25(28)23-26(27)24-20-17-16-18-21-24;5-3(6)1-2-4(7)8/h16-18,20-21H,2-15,19,22-23H2,1H3;1-2H,(H,5,6)(H,7,8)/b;2-1-. The number of rotatable bonds is 21. The first-order valence-electron chi connectivity index (χ1n) is 13.6. The minimum atomic E-state index is -1.26. The summed E-state index contributed by atoms with van der Waals surface area (Å²) in [5.74, 6) is -2.36. The van der Waals surface area contributed by atoms with Gasteiger partial charge in [0.1, 0.15) is 0 Å². The molecule has 1 rings (SSSR count). The van der Waals surface area contributed by atoms with E-state index in [1.807, 2.05) is 30.3 Å². The monoisotopic (exact) mass is 518 g/mol. The van der Waals surface area contributed by atoms with Crippen LogP contribution in [0.2, 0.25) is 0 Å². The van der Waals surface area contributed by atoms with Gasteiger partial charge in [-0.3, -0.25) is 4.79 Å². The summed E-state index contributed by atoms with van der Waals surface area (Å²) < 4.78 is 0. The van der Waals surface area contributed by atoms with Crippen molar-refractivity contribution in [3.05, 3.63) is 48.0 Å². The van der Waals surface area contributed by atoms with E-state index in [9.17, 15) is 14.4 Å². The third-order valence-electron chi connectivity index (χ3n) is 5.88. The predicted octanol–water partition coefficient (Wildman–Crippen LogP) is 8.60. The molecule has 2 N–H and O–H groups in total. The Morgan fingerprint density at radius 2 is 1.06 bits per heavy atom. The van der Waals surface area contributed by atoms with Crippen LogP contribution < -0.4 is 0 Å². The molecule has 0 aliphatic rings. The zero-order valence-electron chi connectivity index (χ0n) is 22.1. The van der Waals surface area contributed by atoms with Gasteiger partial charge in [-0.15, -0.1) is 0 Å². The van der Waals surface area contributed by atoms with Crippen LogP contribution in [-0.4, -0.2) is 32.8 Å². The van der Waals surface area contributed by atoms with Crippen molar-refractivity contribution in [1.29, 1.82) is 0 Å². The fourth-order valence-corrected chi connectivity index (χ4v) is 4.11. The maximum absolute atomic E-state index is 12.1. The van der Waals surface area contributed by atoms with E-state index in [0.29, 0.717) is 18.6 Å². The number of aliphatic carboxylic acids is 2. The smallest absolute Gasteiger partial charge is 0.328 e. The number of carbonyl (C=O) groups is 3. The van der Waals surface area contributed by atoms with Crippen LogP contribution in [-0.2, 0) is 9.59 Å². The van der Waals surface area contributed by atoms with E-state index < -0.39 is 11.9 Å². The van der Waals surface area contributed by atoms with Gasteiger partial charge in [-0.1, -0.05) is 139 Å². The molecule has 202 valence electrons. The molecule has 0 aliphatic heterocycles. The van der Waals surface area contributed by atoms with Gasteiger partial charge in [-0.05, 0) is 12.8 Å². The van der Waals surface area contributed by atoms with Gasteiger partial charge >= 0.3 is 11.9 Å². The highest BCUT2D eigenvalue weighted by Gasteiger charge is 2.08. The molecule has 0 bridgehead atoms. The average Bonchev–Trinajstić information content (AvgIpc) is 2.86. The normalized spacial score (nSPS) is 10.6. The van der Waals surface area contributed by atoms with E-state index in [2.05, 4.69) is 6.92 Å². The van der Waals surface area contributed by atoms with Crippen LogP contribution in [0.3, 0.4) is 0 Å². The molecule has 0 aliphatic carbocycles. The topological polar surface area (TPSA) is 91.7 Å². The fraction of sp³-hybridized carbons (Fsp3) is 0.600.